The Hall–Kier alpha value is -1.60. The van der Waals surface area contributed by atoms with Crippen LogP contribution < -0.4 is 5.73 Å². The van der Waals surface area contributed by atoms with Crippen LogP contribution in [0.5, 0.6) is 0 Å². The maximum atomic E-state index is 10.7. The molecule has 0 aromatic heterocycles. The number of carbonyl (C=O) groups excluding carboxylic acids is 3. The molecule has 14 heavy (non-hydrogen) atoms. The Morgan fingerprint density at radius 3 is 1.64 bits per heavy atom. The number of ether oxygens (including phenoxy) is 1. The molecule has 5 nitrogen and oxygen atoms in total. The van der Waals surface area contributed by atoms with Crippen LogP contribution in [-0.2, 0) is 19.1 Å². The van der Waals surface area contributed by atoms with Crippen molar-refractivity contribution in [3.05, 3.63) is 0 Å². The Bertz CT molecular complexity index is 252. The van der Waals surface area contributed by atoms with Crippen LogP contribution >= 0.6 is 0 Å². The number of hydrogen-bond donors (Lipinski definition) is 1. The molecular weight excluding hydrogens is 207 g/mol. The number of halogens is 3. The smallest absolute Gasteiger partial charge is 0.393 e. The zero-order chi connectivity index (χ0) is 11.4. The molecule has 0 aliphatic carbocycles. The number of alkyl halides is 3. The summed E-state index contributed by atoms with van der Waals surface area (Å²) in [4.78, 5) is 29.1. The van der Waals surface area contributed by atoms with Crippen LogP contribution in [0.25, 0.3) is 0 Å². The normalized spacial score (nSPS) is 15.6. The minimum Gasteiger partial charge on any atom is -0.393 e. The molecule has 82 valence electrons. The van der Waals surface area contributed by atoms with Gasteiger partial charge in [-0.25, -0.2) is 0 Å². The Labute approximate surface area is 77.5 Å². The van der Waals surface area contributed by atoms with Crippen molar-refractivity contribution in [3.63, 3.8) is 0 Å². The maximum Gasteiger partial charge on any atom is 0.470 e. The zero-order valence-corrected chi connectivity index (χ0v) is 6.76. The van der Waals surface area contributed by atoms with Crippen molar-refractivity contribution in [2.45, 2.75) is 19.0 Å². The zero-order valence-electron chi connectivity index (χ0n) is 6.76. The molecule has 1 heterocycles. The fourth-order valence-corrected chi connectivity index (χ4v) is 0.433. The third kappa shape index (κ3) is 5.12. The Morgan fingerprint density at radius 1 is 1.29 bits per heavy atom. The highest BCUT2D eigenvalue weighted by atomic mass is 19.4. The molecule has 2 N–H and O–H groups in total. The maximum absolute atomic E-state index is 10.7. The standard InChI is InChI=1S/C4H4O3.C2H2F3NO.H2/c5-3-1-2-4(6)7-3;3-2(4,5)1(6)7;/h1-2H2;(H2,6,7);1H. The summed E-state index contributed by atoms with van der Waals surface area (Å²) in [5.74, 6) is -3.05. The minimum atomic E-state index is -4.86. The van der Waals surface area contributed by atoms with Crippen LogP contribution in [0.15, 0.2) is 0 Å². The summed E-state index contributed by atoms with van der Waals surface area (Å²) in [6, 6.07) is 0. The lowest BCUT2D eigenvalue weighted by molar-refractivity contribution is -0.169. The average Bonchev–Trinajstić information content (AvgIpc) is 2.33. The van der Waals surface area contributed by atoms with Gasteiger partial charge in [0, 0.05) is 1.43 Å². The highest BCUT2D eigenvalue weighted by Gasteiger charge is 2.35. The summed E-state index contributed by atoms with van der Waals surface area (Å²) in [6.07, 6.45) is -4.34. The van der Waals surface area contributed by atoms with Crippen molar-refractivity contribution < 1.29 is 33.7 Å². The van der Waals surface area contributed by atoms with E-state index in [4.69, 9.17) is 4.79 Å². The van der Waals surface area contributed by atoms with E-state index in [9.17, 15) is 22.8 Å². The second-order valence-corrected chi connectivity index (χ2v) is 2.21. The summed E-state index contributed by atoms with van der Waals surface area (Å²) < 4.78 is 36.2. The number of hydrogen-bond acceptors (Lipinski definition) is 4. The number of rotatable bonds is 0. The van der Waals surface area contributed by atoms with Crippen molar-refractivity contribution in [2.24, 2.45) is 5.73 Å². The molecule has 8 heteroatoms. The Balaban J connectivity index is 0. The lowest BCUT2D eigenvalue weighted by Gasteiger charge is -1.95. The topological polar surface area (TPSA) is 86.5 Å². The third-order valence-electron chi connectivity index (χ3n) is 1.04. The first kappa shape index (κ1) is 12.4. The van der Waals surface area contributed by atoms with Gasteiger partial charge in [-0.3, -0.25) is 14.4 Å². The van der Waals surface area contributed by atoms with Crippen molar-refractivity contribution in [1.82, 2.24) is 0 Å². The van der Waals surface area contributed by atoms with Gasteiger partial charge in [-0.05, 0) is 0 Å². The van der Waals surface area contributed by atoms with E-state index in [0.717, 1.165) is 0 Å². The van der Waals surface area contributed by atoms with E-state index in [2.05, 4.69) is 10.5 Å². The molecule has 1 rings (SSSR count). The van der Waals surface area contributed by atoms with Gasteiger partial charge in [0.1, 0.15) is 0 Å². The van der Waals surface area contributed by atoms with Gasteiger partial charge < -0.3 is 10.5 Å². The van der Waals surface area contributed by atoms with Gasteiger partial charge in [0.15, 0.2) is 0 Å². The van der Waals surface area contributed by atoms with Crippen LogP contribution in [0.3, 0.4) is 0 Å². The van der Waals surface area contributed by atoms with E-state index in [-0.39, 0.29) is 14.3 Å². The first-order valence-electron chi connectivity index (χ1n) is 3.33. The third-order valence-corrected chi connectivity index (χ3v) is 1.04. The van der Waals surface area contributed by atoms with Gasteiger partial charge in [0.2, 0.25) is 0 Å². The summed E-state index contributed by atoms with van der Waals surface area (Å²) in [7, 11) is 0. The number of nitrogens with two attached hydrogens (primary N) is 1. The van der Waals surface area contributed by atoms with Crippen LogP contribution in [0.4, 0.5) is 13.2 Å². The van der Waals surface area contributed by atoms with Gasteiger partial charge in [-0.2, -0.15) is 13.2 Å². The van der Waals surface area contributed by atoms with Crippen LogP contribution in [0.2, 0.25) is 0 Å². The molecule has 0 radical (unpaired) electrons. The quantitative estimate of drug-likeness (QED) is 0.459. The predicted molar refractivity (Wildman–Crippen MR) is 37.7 cm³/mol. The highest BCUT2D eigenvalue weighted by Crippen LogP contribution is 2.11. The SMILES string of the molecule is NC(=O)C(F)(F)F.O=C1CCC(=O)O1.[HH]. The fourth-order valence-electron chi connectivity index (χ4n) is 0.433. The molecule has 0 unspecified atom stereocenters. The molecule has 0 aromatic rings. The summed E-state index contributed by atoms with van der Waals surface area (Å²) in [6.45, 7) is 0. The number of primary amides is 1. The largest absolute Gasteiger partial charge is 0.470 e. The molecule has 0 bridgehead atoms. The number of cyclic esters (lactones) is 2. The van der Waals surface area contributed by atoms with Gasteiger partial charge in [-0.1, -0.05) is 0 Å². The van der Waals surface area contributed by atoms with Crippen molar-refractivity contribution >= 4 is 17.8 Å². The molecule has 1 aliphatic heterocycles. The molecule has 0 aromatic carbocycles. The molecule has 1 amide bonds. The van der Waals surface area contributed by atoms with E-state index >= 15 is 0 Å². The van der Waals surface area contributed by atoms with Gasteiger partial charge in [0.25, 0.3) is 0 Å². The van der Waals surface area contributed by atoms with E-state index < -0.39 is 24.0 Å². The lowest BCUT2D eigenvalue weighted by atomic mass is 10.4. The first-order valence-corrected chi connectivity index (χ1v) is 3.33. The second-order valence-electron chi connectivity index (χ2n) is 2.21. The van der Waals surface area contributed by atoms with Crippen molar-refractivity contribution in [3.8, 4) is 0 Å². The summed E-state index contributed by atoms with van der Waals surface area (Å²) >= 11 is 0. The second kappa shape index (κ2) is 4.58. The molecule has 1 fully saturated rings. The molecule has 0 saturated carbocycles. The Kier molecular flexibility index (Phi) is 4.06. The molecule has 1 saturated heterocycles. The van der Waals surface area contributed by atoms with E-state index in [1.54, 1.807) is 0 Å². The first-order chi connectivity index (χ1) is 6.23. The molecule has 0 spiro atoms. The van der Waals surface area contributed by atoms with E-state index in [0.29, 0.717) is 0 Å². The number of amides is 1. The van der Waals surface area contributed by atoms with Crippen LogP contribution in [0.1, 0.15) is 14.3 Å². The van der Waals surface area contributed by atoms with Gasteiger partial charge in [0.05, 0.1) is 12.8 Å². The summed E-state index contributed by atoms with van der Waals surface area (Å²) in [5, 5.41) is 0. The molecule has 0 atom stereocenters. The minimum absolute atomic E-state index is 0. The van der Waals surface area contributed by atoms with E-state index in [1.165, 1.54) is 0 Å². The Morgan fingerprint density at radius 2 is 1.57 bits per heavy atom. The van der Waals surface area contributed by atoms with Crippen molar-refractivity contribution in [2.75, 3.05) is 0 Å². The lowest BCUT2D eigenvalue weighted by Crippen LogP contribution is -2.30. The highest BCUT2D eigenvalue weighted by molar-refractivity contribution is 5.92. The van der Waals surface area contributed by atoms with Crippen LogP contribution in [-0.4, -0.2) is 24.0 Å². The number of carbonyl (C=O) groups is 3. The van der Waals surface area contributed by atoms with Crippen molar-refractivity contribution in [1.29, 1.82) is 0 Å². The van der Waals surface area contributed by atoms with E-state index in [1.807, 2.05) is 0 Å². The van der Waals surface area contributed by atoms with Gasteiger partial charge >= 0.3 is 24.0 Å². The average molecular weight is 215 g/mol. The van der Waals surface area contributed by atoms with Crippen LogP contribution in [0, 0.1) is 0 Å². The predicted octanol–water partition coefficient (Wildman–Crippen LogP) is 0.130. The molecule has 1 aliphatic rings. The fraction of sp³-hybridized carbons (Fsp3) is 0.500. The molecular formula is C6H8F3NO4. The summed E-state index contributed by atoms with van der Waals surface area (Å²) in [5.41, 5.74) is 3.81. The number of esters is 2. The van der Waals surface area contributed by atoms with Gasteiger partial charge in [-0.15, -0.1) is 0 Å². The monoisotopic (exact) mass is 215 g/mol.